The van der Waals surface area contributed by atoms with Gasteiger partial charge in [-0.2, -0.15) is 0 Å². The Morgan fingerprint density at radius 3 is 2.34 bits per heavy atom. The molecule has 0 N–H and O–H groups in total. The maximum atomic E-state index is 5.69. The number of rotatable bonds is 6. The van der Waals surface area contributed by atoms with Crippen LogP contribution in [-0.2, 0) is 0 Å². The van der Waals surface area contributed by atoms with Crippen LogP contribution in [0.3, 0.4) is 0 Å². The van der Waals surface area contributed by atoms with Gasteiger partial charge in [0.15, 0.2) is 0 Å². The quantitative estimate of drug-likeness (QED) is 0.572. The molecule has 154 valence electrons. The van der Waals surface area contributed by atoms with Crippen molar-refractivity contribution in [2.24, 2.45) is 4.99 Å². The molecule has 0 aliphatic carbocycles. The van der Waals surface area contributed by atoms with E-state index in [4.69, 9.17) is 9.73 Å². The number of aliphatic imine (C=N–C) groups is 1. The normalized spacial score (nSPS) is 15.3. The summed E-state index contributed by atoms with van der Waals surface area (Å²) in [6.07, 6.45) is 4.22. The highest BCUT2D eigenvalue weighted by Crippen LogP contribution is 2.41. The van der Waals surface area contributed by atoms with E-state index in [0.717, 1.165) is 30.1 Å². The summed E-state index contributed by atoms with van der Waals surface area (Å²) in [6.45, 7) is 13.0. The van der Waals surface area contributed by atoms with Crippen LogP contribution < -0.4 is 14.5 Å². The van der Waals surface area contributed by atoms with Gasteiger partial charge in [0.2, 0.25) is 0 Å². The molecule has 29 heavy (non-hydrogen) atoms. The molecule has 0 aromatic heterocycles. The molecule has 1 heterocycles. The van der Waals surface area contributed by atoms with Crippen LogP contribution in [0.15, 0.2) is 47.5 Å². The summed E-state index contributed by atoms with van der Waals surface area (Å²) in [5, 5.41) is 0. The first-order valence-electron chi connectivity index (χ1n) is 10.4. The number of methoxy groups -OCH3 is 1. The van der Waals surface area contributed by atoms with E-state index in [2.05, 4.69) is 93.9 Å². The van der Waals surface area contributed by atoms with Crippen molar-refractivity contribution in [1.29, 1.82) is 0 Å². The third kappa shape index (κ3) is 4.16. The van der Waals surface area contributed by atoms with Crippen molar-refractivity contribution in [3.8, 4) is 5.75 Å². The van der Waals surface area contributed by atoms with Crippen molar-refractivity contribution in [3.63, 3.8) is 0 Å². The van der Waals surface area contributed by atoms with Gasteiger partial charge in [0.25, 0.3) is 0 Å². The number of hydrogen-bond donors (Lipinski definition) is 0. The first-order chi connectivity index (χ1) is 13.8. The standard InChI is InChI=1S/C25H33N3O/c1-8-28(9-2)21-12-10-20(11-13-21)26-17-19-14-22-18(3)16-25(4,5)27(6)23(22)15-24(19)29-7/h10-17H,8-9H2,1-7H3. The number of nitrogens with zero attached hydrogens (tertiary/aromatic N) is 3. The van der Waals surface area contributed by atoms with Gasteiger partial charge < -0.3 is 14.5 Å². The van der Waals surface area contributed by atoms with Crippen LogP contribution in [0.2, 0.25) is 0 Å². The molecule has 2 aromatic carbocycles. The lowest BCUT2D eigenvalue weighted by atomic mass is 9.88. The topological polar surface area (TPSA) is 28.1 Å². The molecule has 0 bridgehead atoms. The van der Waals surface area contributed by atoms with Crippen molar-refractivity contribution in [3.05, 3.63) is 53.6 Å². The molecule has 4 heteroatoms. The maximum Gasteiger partial charge on any atom is 0.129 e. The molecule has 2 aromatic rings. The van der Waals surface area contributed by atoms with Gasteiger partial charge in [-0.05, 0) is 70.5 Å². The van der Waals surface area contributed by atoms with Gasteiger partial charge in [-0.3, -0.25) is 4.99 Å². The van der Waals surface area contributed by atoms with E-state index >= 15 is 0 Å². The van der Waals surface area contributed by atoms with Crippen LogP contribution in [0.1, 0.15) is 45.7 Å². The van der Waals surface area contributed by atoms with Gasteiger partial charge in [0.05, 0.1) is 18.3 Å². The second kappa shape index (κ2) is 8.32. The fourth-order valence-corrected chi connectivity index (χ4v) is 3.95. The lowest BCUT2D eigenvalue weighted by molar-refractivity contribution is 0.414. The molecule has 3 rings (SSSR count). The molecule has 0 amide bonds. The molecule has 0 saturated carbocycles. The monoisotopic (exact) mass is 391 g/mol. The fraction of sp³-hybridized carbons (Fsp3) is 0.400. The molecule has 0 fully saturated rings. The average molecular weight is 392 g/mol. The fourth-order valence-electron chi connectivity index (χ4n) is 3.95. The number of likely N-dealkylation sites (N-methyl/N-ethyl adjacent to an activating group) is 1. The van der Waals surface area contributed by atoms with E-state index < -0.39 is 0 Å². The van der Waals surface area contributed by atoms with Gasteiger partial charge in [0, 0.05) is 54.9 Å². The largest absolute Gasteiger partial charge is 0.496 e. The van der Waals surface area contributed by atoms with E-state index in [1.807, 2.05) is 6.21 Å². The summed E-state index contributed by atoms with van der Waals surface area (Å²) in [5.41, 5.74) is 6.82. The van der Waals surface area contributed by atoms with E-state index in [0.29, 0.717) is 0 Å². The number of fused-ring (bicyclic) bond motifs is 1. The summed E-state index contributed by atoms with van der Waals surface area (Å²) >= 11 is 0. The van der Waals surface area contributed by atoms with Crippen molar-refractivity contribution >= 4 is 28.8 Å². The highest BCUT2D eigenvalue weighted by molar-refractivity contribution is 5.92. The zero-order valence-electron chi connectivity index (χ0n) is 18.8. The van der Waals surface area contributed by atoms with Crippen LogP contribution in [0.5, 0.6) is 5.75 Å². The Hall–Kier alpha value is -2.75. The zero-order valence-corrected chi connectivity index (χ0v) is 18.8. The third-order valence-corrected chi connectivity index (χ3v) is 5.90. The minimum atomic E-state index is -0.0235. The molecule has 4 nitrogen and oxygen atoms in total. The number of anilines is 2. The van der Waals surface area contributed by atoms with Gasteiger partial charge in [0.1, 0.15) is 5.75 Å². The first kappa shape index (κ1) is 21.0. The summed E-state index contributed by atoms with van der Waals surface area (Å²) in [4.78, 5) is 9.33. The van der Waals surface area contributed by atoms with E-state index in [1.165, 1.54) is 22.5 Å². The second-order valence-electron chi connectivity index (χ2n) is 8.10. The van der Waals surface area contributed by atoms with Crippen LogP contribution in [-0.4, -0.2) is 39.0 Å². The van der Waals surface area contributed by atoms with Crippen molar-refractivity contribution in [1.82, 2.24) is 0 Å². The van der Waals surface area contributed by atoms with E-state index in [1.54, 1.807) is 7.11 Å². The lowest BCUT2D eigenvalue weighted by Gasteiger charge is -2.40. The molecule has 0 spiro atoms. The van der Waals surface area contributed by atoms with Gasteiger partial charge in [-0.25, -0.2) is 0 Å². The summed E-state index contributed by atoms with van der Waals surface area (Å²) in [7, 11) is 3.85. The van der Waals surface area contributed by atoms with E-state index in [-0.39, 0.29) is 5.54 Å². The summed E-state index contributed by atoms with van der Waals surface area (Å²) < 4.78 is 5.69. The molecule has 0 unspecified atom stereocenters. The molecule has 0 atom stereocenters. The van der Waals surface area contributed by atoms with Crippen molar-refractivity contribution in [2.45, 2.75) is 40.2 Å². The Morgan fingerprint density at radius 2 is 1.76 bits per heavy atom. The third-order valence-electron chi connectivity index (χ3n) is 5.90. The van der Waals surface area contributed by atoms with Crippen LogP contribution in [0, 0.1) is 0 Å². The molecular weight excluding hydrogens is 358 g/mol. The average Bonchev–Trinajstić information content (AvgIpc) is 2.71. The molecule has 1 aliphatic rings. The Labute approximate surface area is 175 Å². The van der Waals surface area contributed by atoms with Gasteiger partial charge in [-0.15, -0.1) is 0 Å². The lowest BCUT2D eigenvalue weighted by Crippen LogP contribution is -2.42. The van der Waals surface area contributed by atoms with Gasteiger partial charge >= 0.3 is 0 Å². The van der Waals surface area contributed by atoms with Crippen LogP contribution in [0.25, 0.3) is 5.57 Å². The van der Waals surface area contributed by atoms with Crippen molar-refractivity contribution in [2.75, 3.05) is 37.0 Å². The summed E-state index contributed by atoms with van der Waals surface area (Å²) in [5.74, 6) is 0.838. The Kier molecular flexibility index (Phi) is 6.02. The minimum absolute atomic E-state index is 0.0235. The Balaban J connectivity index is 1.93. The molecule has 0 radical (unpaired) electrons. The Bertz CT molecular complexity index is 922. The van der Waals surface area contributed by atoms with Crippen LogP contribution in [0.4, 0.5) is 17.1 Å². The smallest absolute Gasteiger partial charge is 0.129 e. The maximum absolute atomic E-state index is 5.69. The van der Waals surface area contributed by atoms with Crippen LogP contribution >= 0.6 is 0 Å². The second-order valence-corrected chi connectivity index (χ2v) is 8.10. The summed E-state index contributed by atoms with van der Waals surface area (Å²) in [6, 6.07) is 12.7. The number of hydrogen-bond acceptors (Lipinski definition) is 4. The number of benzene rings is 2. The highest BCUT2D eigenvalue weighted by Gasteiger charge is 2.29. The van der Waals surface area contributed by atoms with Crippen molar-refractivity contribution < 1.29 is 4.74 Å². The number of ether oxygens (including phenoxy) is 1. The SMILES string of the molecule is CCN(CC)c1ccc(N=Cc2cc3c(cc2OC)N(C)C(C)(C)C=C3C)cc1. The predicted octanol–water partition coefficient (Wildman–Crippen LogP) is 5.92. The van der Waals surface area contributed by atoms with E-state index in [9.17, 15) is 0 Å². The van der Waals surface area contributed by atoms with Gasteiger partial charge in [-0.1, -0.05) is 6.08 Å². The predicted molar refractivity (Wildman–Crippen MR) is 126 cm³/mol. The molecule has 1 aliphatic heterocycles. The Morgan fingerprint density at radius 1 is 1.10 bits per heavy atom. The molecule has 0 saturated heterocycles. The molecular formula is C25H33N3O. The first-order valence-corrected chi connectivity index (χ1v) is 10.4. The number of allylic oxidation sites excluding steroid dienone is 1. The zero-order chi connectivity index (χ0) is 21.2. The highest BCUT2D eigenvalue weighted by atomic mass is 16.5. The minimum Gasteiger partial charge on any atom is -0.496 e.